The first kappa shape index (κ1) is 33.1. The fourth-order valence-electron chi connectivity index (χ4n) is 4.57. The van der Waals surface area contributed by atoms with Crippen molar-refractivity contribution in [2.24, 2.45) is 0 Å². The molecular weight excluding hydrogens is 606 g/mol. The van der Waals surface area contributed by atoms with Crippen molar-refractivity contribution in [1.82, 2.24) is 20.0 Å². The second-order valence-electron chi connectivity index (χ2n) is 10.8. The van der Waals surface area contributed by atoms with Gasteiger partial charge in [-0.2, -0.15) is 13.2 Å². The van der Waals surface area contributed by atoms with Crippen LogP contribution < -0.4 is 15.4 Å². The van der Waals surface area contributed by atoms with Crippen LogP contribution >= 0.6 is 0 Å². The number of ether oxygens (including phenoxy) is 2. The summed E-state index contributed by atoms with van der Waals surface area (Å²) in [5, 5.41) is 5.02. The van der Waals surface area contributed by atoms with Gasteiger partial charge in [0.25, 0.3) is 5.91 Å². The van der Waals surface area contributed by atoms with Gasteiger partial charge < -0.3 is 20.1 Å². The Morgan fingerprint density at radius 3 is 2.33 bits per heavy atom. The Bertz CT molecular complexity index is 1690. The Labute approximate surface area is 254 Å². The Morgan fingerprint density at radius 1 is 0.956 bits per heavy atom. The summed E-state index contributed by atoms with van der Waals surface area (Å²) in [5.74, 6) is -4.34. The number of alkyl carbamates (subject to hydrolysis) is 1. The molecule has 0 aliphatic rings. The molecule has 240 valence electrons. The van der Waals surface area contributed by atoms with Gasteiger partial charge in [-0.3, -0.25) is 9.20 Å². The Morgan fingerprint density at radius 2 is 1.64 bits per heavy atom. The predicted molar refractivity (Wildman–Crippen MR) is 151 cm³/mol. The highest BCUT2D eigenvalue weighted by molar-refractivity contribution is 5.95. The highest BCUT2D eigenvalue weighted by atomic mass is 19.4. The fraction of sp³-hybridized carbons (Fsp3) is 0.323. The molecule has 0 saturated heterocycles. The minimum absolute atomic E-state index is 0.00601. The van der Waals surface area contributed by atoms with Gasteiger partial charge in [-0.15, -0.1) is 0 Å². The number of nitrogens with zero attached hydrogens (tertiary/aromatic N) is 2. The lowest BCUT2D eigenvalue weighted by Gasteiger charge is -2.31. The molecule has 0 saturated carbocycles. The molecule has 0 bridgehead atoms. The molecule has 2 aromatic heterocycles. The van der Waals surface area contributed by atoms with E-state index < -0.39 is 72.7 Å². The molecule has 0 spiro atoms. The number of carbonyl (C=O) groups is 2. The van der Waals surface area contributed by atoms with Crippen molar-refractivity contribution in [3.8, 4) is 5.75 Å². The summed E-state index contributed by atoms with van der Waals surface area (Å²) in [5.41, 5.74) is -0.652. The van der Waals surface area contributed by atoms with Gasteiger partial charge in [0.15, 0.2) is 23.0 Å². The number of hydrogen-bond acceptors (Lipinski definition) is 5. The molecule has 2 heterocycles. The normalized spacial score (nSPS) is 12.9. The number of amides is 2. The zero-order chi connectivity index (χ0) is 32.9. The number of halogens is 6. The van der Waals surface area contributed by atoms with Gasteiger partial charge in [0, 0.05) is 19.2 Å². The van der Waals surface area contributed by atoms with Crippen molar-refractivity contribution in [2.75, 3.05) is 6.54 Å². The lowest BCUT2D eigenvalue weighted by Crippen LogP contribution is -2.54. The number of imidazole rings is 1. The maximum atomic E-state index is 14.2. The molecule has 4 aromatic rings. The SMILES string of the molecule is Cc1cc(OCc2c(F)ccc(F)c2F)c2nc(C)c(C(=O)NCC(C)(CCC(F)(F)F)NC(=O)OCc3ccccc3)n2c1. The van der Waals surface area contributed by atoms with Crippen molar-refractivity contribution in [3.05, 3.63) is 100 Å². The van der Waals surface area contributed by atoms with E-state index in [1.165, 1.54) is 24.3 Å². The number of pyridine rings is 1. The molecule has 45 heavy (non-hydrogen) atoms. The number of aromatic nitrogens is 2. The average molecular weight is 637 g/mol. The average Bonchev–Trinajstić information content (AvgIpc) is 3.31. The van der Waals surface area contributed by atoms with Crippen molar-refractivity contribution in [1.29, 1.82) is 0 Å². The van der Waals surface area contributed by atoms with E-state index in [-0.39, 0.29) is 29.4 Å². The third kappa shape index (κ3) is 8.46. The summed E-state index contributed by atoms with van der Waals surface area (Å²) in [4.78, 5) is 30.3. The first-order valence-corrected chi connectivity index (χ1v) is 13.7. The maximum absolute atomic E-state index is 14.2. The summed E-state index contributed by atoms with van der Waals surface area (Å²) in [6, 6.07) is 11.6. The van der Waals surface area contributed by atoms with Crippen molar-refractivity contribution >= 4 is 17.6 Å². The molecule has 8 nitrogen and oxygen atoms in total. The molecule has 14 heteroatoms. The van der Waals surface area contributed by atoms with Crippen LogP contribution in [0.2, 0.25) is 0 Å². The van der Waals surface area contributed by atoms with Crippen LogP contribution in [-0.4, -0.2) is 39.6 Å². The molecule has 0 aliphatic heterocycles. The molecular formula is C31H30F6N4O4. The van der Waals surface area contributed by atoms with E-state index in [9.17, 15) is 35.9 Å². The molecule has 1 atom stereocenters. The minimum Gasteiger partial charge on any atom is -0.485 e. The maximum Gasteiger partial charge on any atom is 0.407 e. The molecule has 1 unspecified atom stereocenters. The van der Waals surface area contributed by atoms with Gasteiger partial charge in [0.05, 0.1) is 16.8 Å². The highest BCUT2D eigenvalue weighted by Gasteiger charge is 2.35. The van der Waals surface area contributed by atoms with E-state index in [1.54, 1.807) is 43.5 Å². The number of alkyl halides is 3. The van der Waals surface area contributed by atoms with Crippen molar-refractivity contribution in [2.45, 2.75) is 58.5 Å². The van der Waals surface area contributed by atoms with E-state index in [0.717, 1.165) is 6.07 Å². The number of fused-ring (bicyclic) bond motifs is 1. The molecule has 2 aromatic carbocycles. The van der Waals surface area contributed by atoms with Gasteiger partial charge in [-0.1, -0.05) is 30.3 Å². The third-order valence-corrected chi connectivity index (χ3v) is 6.94. The zero-order valence-electron chi connectivity index (χ0n) is 24.5. The summed E-state index contributed by atoms with van der Waals surface area (Å²) in [6.07, 6.45) is -5.74. The number of benzene rings is 2. The Hall–Kier alpha value is -4.75. The third-order valence-electron chi connectivity index (χ3n) is 6.94. The number of aryl methyl sites for hydroxylation is 2. The van der Waals surface area contributed by atoms with Crippen LogP contribution in [0, 0.1) is 31.3 Å². The van der Waals surface area contributed by atoms with Crippen LogP contribution in [0.4, 0.5) is 31.1 Å². The quantitative estimate of drug-likeness (QED) is 0.141. The van der Waals surface area contributed by atoms with Gasteiger partial charge in [0.1, 0.15) is 24.7 Å². The fourth-order valence-corrected chi connectivity index (χ4v) is 4.57. The Kier molecular flexibility index (Phi) is 9.94. The summed E-state index contributed by atoms with van der Waals surface area (Å²) in [6.45, 7) is 3.33. The van der Waals surface area contributed by atoms with Crippen LogP contribution in [0.5, 0.6) is 5.75 Å². The van der Waals surface area contributed by atoms with Crippen LogP contribution in [-0.2, 0) is 18.0 Å². The number of nitrogens with one attached hydrogen (secondary N) is 2. The van der Waals surface area contributed by atoms with E-state index in [4.69, 9.17) is 9.47 Å². The lowest BCUT2D eigenvalue weighted by molar-refractivity contribution is -0.138. The summed E-state index contributed by atoms with van der Waals surface area (Å²) >= 11 is 0. The molecule has 4 rings (SSSR count). The molecule has 0 radical (unpaired) electrons. The van der Waals surface area contributed by atoms with Gasteiger partial charge in [0.2, 0.25) is 0 Å². The number of hydrogen-bond donors (Lipinski definition) is 2. The molecule has 2 amide bonds. The topological polar surface area (TPSA) is 94.0 Å². The largest absolute Gasteiger partial charge is 0.485 e. The van der Waals surface area contributed by atoms with E-state index >= 15 is 0 Å². The van der Waals surface area contributed by atoms with Crippen LogP contribution in [0.25, 0.3) is 5.65 Å². The molecule has 0 fully saturated rings. The second-order valence-corrected chi connectivity index (χ2v) is 10.8. The van der Waals surface area contributed by atoms with Gasteiger partial charge in [-0.25, -0.2) is 22.9 Å². The van der Waals surface area contributed by atoms with Crippen molar-refractivity contribution in [3.63, 3.8) is 0 Å². The van der Waals surface area contributed by atoms with Gasteiger partial charge in [-0.05, 0) is 56.5 Å². The summed E-state index contributed by atoms with van der Waals surface area (Å²) < 4.78 is 93.5. The van der Waals surface area contributed by atoms with Crippen LogP contribution in [0.15, 0.2) is 54.7 Å². The smallest absolute Gasteiger partial charge is 0.407 e. The number of rotatable bonds is 11. The minimum atomic E-state index is -4.52. The van der Waals surface area contributed by atoms with E-state index in [2.05, 4.69) is 15.6 Å². The first-order chi connectivity index (χ1) is 21.2. The van der Waals surface area contributed by atoms with E-state index in [0.29, 0.717) is 17.2 Å². The molecule has 0 aliphatic carbocycles. The molecule has 2 N–H and O–H groups in total. The van der Waals surface area contributed by atoms with Crippen LogP contribution in [0.3, 0.4) is 0 Å². The summed E-state index contributed by atoms with van der Waals surface area (Å²) in [7, 11) is 0. The highest BCUT2D eigenvalue weighted by Crippen LogP contribution is 2.28. The van der Waals surface area contributed by atoms with Gasteiger partial charge >= 0.3 is 12.3 Å². The standard InChI is InChI=1S/C31H30F6N4O4/c1-18-13-24(44-16-21-22(32)9-10-23(33)25(21)34)27-39-19(2)26(41(27)14-18)28(42)38-17-30(3,11-12-31(35,36)37)40-29(43)45-15-20-7-5-4-6-8-20/h4-10,13-14H,11-12,15-17H2,1-3H3,(H,38,42)(H,40,43). The van der Waals surface area contributed by atoms with E-state index in [1.807, 2.05) is 0 Å². The number of carbonyl (C=O) groups excluding carboxylic acids is 2. The lowest BCUT2D eigenvalue weighted by atomic mass is 9.95. The predicted octanol–water partition coefficient (Wildman–Crippen LogP) is 6.70. The second kappa shape index (κ2) is 13.5. The first-order valence-electron chi connectivity index (χ1n) is 13.7. The Balaban J connectivity index is 1.52. The monoisotopic (exact) mass is 636 g/mol. The van der Waals surface area contributed by atoms with Crippen LogP contribution in [0.1, 0.15) is 52.6 Å². The van der Waals surface area contributed by atoms with Crippen molar-refractivity contribution < 1.29 is 45.4 Å². The zero-order valence-corrected chi connectivity index (χ0v) is 24.5.